The Morgan fingerprint density at radius 2 is 2.38 bits per heavy atom. The summed E-state index contributed by atoms with van der Waals surface area (Å²) < 4.78 is 6.71. The number of nitrogens with one attached hydrogen (secondary N) is 1. The molecule has 1 aromatic heterocycles. The lowest BCUT2D eigenvalue weighted by Crippen LogP contribution is -2.31. The van der Waals surface area contributed by atoms with Crippen molar-refractivity contribution in [3.8, 4) is 0 Å². The van der Waals surface area contributed by atoms with Crippen LogP contribution in [-0.2, 0) is 4.74 Å². The number of ether oxygens (including phenoxy) is 1. The van der Waals surface area contributed by atoms with Crippen molar-refractivity contribution >= 4 is 0 Å². The van der Waals surface area contributed by atoms with Gasteiger partial charge in [0.05, 0.1) is 0 Å². The fourth-order valence-electron chi connectivity index (χ4n) is 1.43. The summed E-state index contributed by atoms with van der Waals surface area (Å²) in [6, 6.07) is 1.32. The molecule has 1 atom stereocenters. The van der Waals surface area contributed by atoms with Gasteiger partial charge in [-0.25, -0.2) is 4.79 Å². The summed E-state index contributed by atoms with van der Waals surface area (Å²) in [4.78, 5) is 24.2. The van der Waals surface area contributed by atoms with Crippen LogP contribution in [0.2, 0.25) is 0 Å². The first-order chi connectivity index (χ1) is 6.27. The maximum absolute atomic E-state index is 11.3. The number of hydrogen-bond donors (Lipinski definition) is 1. The summed E-state index contributed by atoms with van der Waals surface area (Å²) in [5.41, 5.74) is -0.779. The molecule has 0 bridgehead atoms. The Morgan fingerprint density at radius 1 is 1.54 bits per heavy atom. The van der Waals surface area contributed by atoms with Crippen LogP contribution >= 0.6 is 0 Å². The smallest absolute Gasteiger partial charge is 0.330 e. The van der Waals surface area contributed by atoms with Gasteiger partial charge in [0.1, 0.15) is 6.23 Å². The van der Waals surface area contributed by atoms with Gasteiger partial charge in [-0.15, -0.1) is 0 Å². The van der Waals surface area contributed by atoms with Crippen molar-refractivity contribution < 1.29 is 4.74 Å². The van der Waals surface area contributed by atoms with E-state index in [-0.39, 0.29) is 11.8 Å². The zero-order valence-corrected chi connectivity index (χ0v) is 7.03. The summed E-state index contributed by atoms with van der Waals surface area (Å²) in [6.07, 6.45) is 3.05. The molecule has 0 aromatic carbocycles. The predicted octanol–water partition coefficient (Wildman–Crippen LogP) is -0.154. The monoisotopic (exact) mass is 182 g/mol. The molecule has 5 heteroatoms. The van der Waals surface area contributed by atoms with Crippen molar-refractivity contribution in [1.29, 1.82) is 0 Å². The molecule has 5 nitrogen and oxygen atoms in total. The van der Waals surface area contributed by atoms with E-state index in [9.17, 15) is 9.59 Å². The summed E-state index contributed by atoms with van der Waals surface area (Å²) in [5, 5.41) is 0. The van der Waals surface area contributed by atoms with Gasteiger partial charge >= 0.3 is 5.69 Å². The third kappa shape index (κ3) is 1.55. The van der Waals surface area contributed by atoms with Crippen LogP contribution in [-0.4, -0.2) is 16.2 Å². The number of hydrogen-bond acceptors (Lipinski definition) is 3. The van der Waals surface area contributed by atoms with E-state index < -0.39 is 5.69 Å². The fourth-order valence-corrected chi connectivity index (χ4v) is 1.43. The zero-order chi connectivity index (χ0) is 9.26. The molecular formula is C8H10N2O3. The molecule has 0 saturated carbocycles. The minimum absolute atomic E-state index is 0.204. The maximum atomic E-state index is 11.3. The number of H-pyrrole nitrogens is 1. The van der Waals surface area contributed by atoms with Crippen LogP contribution in [0.3, 0.4) is 0 Å². The third-order valence-electron chi connectivity index (χ3n) is 2.07. The van der Waals surface area contributed by atoms with E-state index in [0.717, 1.165) is 12.8 Å². The van der Waals surface area contributed by atoms with Crippen LogP contribution in [0.1, 0.15) is 19.1 Å². The Hall–Kier alpha value is -1.36. The Labute approximate surface area is 74.0 Å². The number of aromatic amines is 1. The van der Waals surface area contributed by atoms with Crippen LogP contribution in [0.15, 0.2) is 21.9 Å². The van der Waals surface area contributed by atoms with E-state index in [0.29, 0.717) is 6.61 Å². The van der Waals surface area contributed by atoms with Gasteiger partial charge in [-0.2, -0.15) is 0 Å². The molecule has 1 aliphatic rings. The lowest BCUT2D eigenvalue weighted by Gasteiger charge is -2.11. The van der Waals surface area contributed by atoms with Crippen molar-refractivity contribution in [1.82, 2.24) is 9.55 Å². The van der Waals surface area contributed by atoms with Crippen LogP contribution in [0.4, 0.5) is 0 Å². The van der Waals surface area contributed by atoms with Gasteiger partial charge in [0, 0.05) is 18.9 Å². The lowest BCUT2D eigenvalue weighted by molar-refractivity contribution is 0.0526. The van der Waals surface area contributed by atoms with Crippen LogP contribution in [0, 0.1) is 0 Å². The first-order valence-electron chi connectivity index (χ1n) is 4.20. The van der Waals surface area contributed by atoms with Crippen molar-refractivity contribution in [2.75, 3.05) is 6.61 Å². The maximum Gasteiger partial charge on any atom is 0.330 e. The summed E-state index contributed by atoms with van der Waals surface area (Å²) in [7, 11) is 0. The molecule has 1 aromatic rings. The van der Waals surface area contributed by atoms with E-state index in [4.69, 9.17) is 4.74 Å². The topological polar surface area (TPSA) is 64.1 Å². The number of aromatic nitrogens is 2. The van der Waals surface area contributed by atoms with E-state index in [1.165, 1.54) is 16.8 Å². The Balaban J connectivity index is 2.40. The molecule has 1 fully saturated rings. The second kappa shape index (κ2) is 3.18. The first kappa shape index (κ1) is 8.25. The van der Waals surface area contributed by atoms with Crippen molar-refractivity contribution in [3.63, 3.8) is 0 Å². The molecule has 1 aliphatic heterocycles. The predicted molar refractivity (Wildman–Crippen MR) is 45.5 cm³/mol. The second-order valence-electron chi connectivity index (χ2n) is 2.99. The van der Waals surface area contributed by atoms with Gasteiger partial charge < -0.3 is 4.74 Å². The average molecular weight is 182 g/mol. The second-order valence-corrected chi connectivity index (χ2v) is 2.99. The highest BCUT2D eigenvalue weighted by Gasteiger charge is 2.17. The van der Waals surface area contributed by atoms with Crippen molar-refractivity contribution in [2.24, 2.45) is 0 Å². The van der Waals surface area contributed by atoms with Crippen molar-refractivity contribution in [3.05, 3.63) is 33.1 Å². The number of rotatable bonds is 1. The van der Waals surface area contributed by atoms with Gasteiger partial charge in [-0.3, -0.25) is 14.3 Å². The molecule has 13 heavy (non-hydrogen) atoms. The molecule has 2 heterocycles. The number of nitrogens with zero attached hydrogens (tertiary/aromatic N) is 1. The minimum atomic E-state index is -0.403. The molecule has 0 unspecified atom stereocenters. The zero-order valence-electron chi connectivity index (χ0n) is 7.03. The molecule has 0 aliphatic carbocycles. The van der Waals surface area contributed by atoms with Gasteiger partial charge in [0.2, 0.25) is 0 Å². The van der Waals surface area contributed by atoms with E-state index in [2.05, 4.69) is 4.98 Å². The van der Waals surface area contributed by atoms with Crippen LogP contribution in [0.25, 0.3) is 0 Å². The van der Waals surface area contributed by atoms with Crippen LogP contribution < -0.4 is 11.2 Å². The van der Waals surface area contributed by atoms with E-state index in [1.807, 2.05) is 0 Å². The van der Waals surface area contributed by atoms with Gasteiger partial charge in [-0.1, -0.05) is 0 Å². The molecule has 1 N–H and O–H groups in total. The molecule has 0 spiro atoms. The lowest BCUT2D eigenvalue weighted by atomic mass is 10.3. The SMILES string of the molecule is O=c1ccn([C@H]2CCCO2)c(=O)[nH]1. The highest BCUT2D eigenvalue weighted by atomic mass is 16.5. The Morgan fingerprint density at radius 3 is 3.00 bits per heavy atom. The molecule has 0 amide bonds. The molecule has 0 radical (unpaired) electrons. The fraction of sp³-hybridized carbons (Fsp3) is 0.500. The van der Waals surface area contributed by atoms with Gasteiger partial charge in [-0.05, 0) is 12.8 Å². The first-order valence-corrected chi connectivity index (χ1v) is 4.20. The highest BCUT2D eigenvalue weighted by molar-refractivity contribution is 4.84. The average Bonchev–Trinajstić information content (AvgIpc) is 2.56. The molecule has 2 rings (SSSR count). The van der Waals surface area contributed by atoms with Crippen molar-refractivity contribution in [2.45, 2.75) is 19.1 Å². The van der Waals surface area contributed by atoms with E-state index in [1.54, 1.807) is 0 Å². The Kier molecular flexibility index (Phi) is 2.02. The largest absolute Gasteiger partial charge is 0.358 e. The van der Waals surface area contributed by atoms with Crippen LogP contribution in [0.5, 0.6) is 0 Å². The van der Waals surface area contributed by atoms with E-state index >= 15 is 0 Å². The quantitative estimate of drug-likeness (QED) is 0.656. The molecule has 1 saturated heterocycles. The summed E-state index contributed by atoms with van der Waals surface area (Å²) in [6.45, 7) is 0.677. The minimum Gasteiger partial charge on any atom is -0.358 e. The molecule has 70 valence electrons. The summed E-state index contributed by atoms with van der Waals surface area (Å²) >= 11 is 0. The molecular weight excluding hydrogens is 172 g/mol. The standard InChI is InChI=1S/C8H10N2O3/c11-6-3-4-10(8(12)9-6)7-2-1-5-13-7/h3-4,7H,1-2,5H2,(H,9,11,12)/t7-/m1/s1. The highest BCUT2D eigenvalue weighted by Crippen LogP contribution is 2.19. The normalized spacial score (nSPS) is 22.0. The Bertz CT molecular complexity index is 400. The summed E-state index contributed by atoms with van der Waals surface area (Å²) in [5.74, 6) is 0. The van der Waals surface area contributed by atoms with Gasteiger partial charge in [0.25, 0.3) is 5.56 Å². The third-order valence-corrected chi connectivity index (χ3v) is 2.07. The van der Waals surface area contributed by atoms with Gasteiger partial charge in [0.15, 0.2) is 0 Å².